The van der Waals surface area contributed by atoms with E-state index in [-0.39, 0.29) is 0 Å². The Hall–Kier alpha value is -1.06. The summed E-state index contributed by atoms with van der Waals surface area (Å²) >= 11 is 7.24. The van der Waals surface area contributed by atoms with Crippen molar-refractivity contribution in [1.82, 2.24) is 4.98 Å². The van der Waals surface area contributed by atoms with Crippen molar-refractivity contribution in [3.8, 4) is 0 Å². The van der Waals surface area contributed by atoms with Crippen LogP contribution >= 0.6 is 31.9 Å². The van der Waals surface area contributed by atoms with E-state index in [1.165, 1.54) is 34.7 Å². The van der Waals surface area contributed by atoms with Gasteiger partial charge in [0.05, 0.1) is 0 Å². The molecule has 21 heavy (non-hydrogen) atoms. The quantitative estimate of drug-likeness (QED) is 0.470. The van der Waals surface area contributed by atoms with Crippen LogP contribution in [0.3, 0.4) is 0 Å². The van der Waals surface area contributed by atoms with E-state index in [1.807, 2.05) is 0 Å². The van der Waals surface area contributed by atoms with Gasteiger partial charge in [0, 0.05) is 33.2 Å². The van der Waals surface area contributed by atoms with Crippen LogP contribution in [0.4, 0.5) is 0 Å². The molecule has 1 aromatic heterocycles. The Morgan fingerprint density at radius 1 is 0.714 bits per heavy atom. The summed E-state index contributed by atoms with van der Waals surface area (Å²) in [6.45, 7) is 0. The molecular weight excluding hydrogens is 390 g/mol. The number of fused-ring (bicyclic) bond motifs is 2. The number of rotatable bonds is 0. The van der Waals surface area contributed by atoms with Crippen molar-refractivity contribution >= 4 is 42.6 Å². The smallest absolute Gasteiger partial charge is 0.0323 e. The maximum absolute atomic E-state index is 3.62. The van der Waals surface area contributed by atoms with E-state index in [0.29, 0.717) is 11.8 Å². The minimum absolute atomic E-state index is 0.582. The van der Waals surface area contributed by atoms with Crippen LogP contribution in [0, 0.1) is 0 Å². The third-order valence-electron chi connectivity index (χ3n) is 5.14. The molecule has 0 spiro atoms. The SMILES string of the molecule is Brc1cc2cc3c(cc2cc1Br)C1CCC3c2c[nH]cc21. The van der Waals surface area contributed by atoms with Gasteiger partial charge in [0.1, 0.15) is 0 Å². The average molecular weight is 403 g/mol. The predicted molar refractivity (Wildman–Crippen MR) is 93.1 cm³/mol. The van der Waals surface area contributed by atoms with Gasteiger partial charge in [0.2, 0.25) is 0 Å². The van der Waals surface area contributed by atoms with Crippen molar-refractivity contribution in [2.45, 2.75) is 24.7 Å². The lowest BCUT2D eigenvalue weighted by Crippen LogP contribution is -2.23. The molecule has 1 N–H and O–H groups in total. The minimum atomic E-state index is 0.582. The van der Waals surface area contributed by atoms with Crippen LogP contribution in [0.15, 0.2) is 45.6 Å². The zero-order valence-corrected chi connectivity index (χ0v) is 14.5. The van der Waals surface area contributed by atoms with Crippen molar-refractivity contribution in [1.29, 1.82) is 0 Å². The second-order valence-electron chi connectivity index (χ2n) is 6.14. The molecule has 3 heteroatoms. The fourth-order valence-corrected chi connectivity index (χ4v) is 4.94. The number of halogens is 2. The van der Waals surface area contributed by atoms with Crippen molar-refractivity contribution in [2.75, 3.05) is 0 Å². The summed E-state index contributed by atoms with van der Waals surface area (Å²) in [5.74, 6) is 1.16. The van der Waals surface area contributed by atoms with Gasteiger partial charge in [-0.3, -0.25) is 0 Å². The second-order valence-corrected chi connectivity index (χ2v) is 7.85. The van der Waals surface area contributed by atoms with Crippen LogP contribution in [0.2, 0.25) is 0 Å². The maximum Gasteiger partial charge on any atom is 0.0323 e. The summed E-state index contributed by atoms with van der Waals surface area (Å²) in [7, 11) is 0. The van der Waals surface area contributed by atoms with E-state index >= 15 is 0 Å². The first-order chi connectivity index (χ1) is 10.2. The van der Waals surface area contributed by atoms with Gasteiger partial charge in [-0.05, 0) is 89.9 Å². The lowest BCUT2D eigenvalue weighted by Gasteiger charge is -2.38. The van der Waals surface area contributed by atoms with Gasteiger partial charge in [0.15, 0.2) is 0 Å². The molecule has 0 radical (unpaired) electrons. The molecule has 2 bridgehead atoms. The first-order valence-corrected chi connectivity index (χ1v) is 8.90. The van der Waals surface area contributed by atoms with Crippen LogP contribution in [-0.2, 0) is 0 Å². The van der Waals surface area contributed by atoms with Crippen molar-refractivity contribution < 1.29 is 0 Å². The summed E-state index contributed by atoms with van der Waals surface area (Å²) in [5, 5.41) is 2.65. The molecule has 0 fully saturated rings. The molecule has 0 aliphatic heterocycles. The molecule has 2 unspecified atom stereocenters. The monoisotopic (exact) mass is 401 g/mol. The molecule has 0 amide bonds. The van der Waals surface area contributed by atoms with E-state index in [1.54, 1.807) is 11.1 Å². The van der Waals surface area contributed by atoms with Crippen LogP contribution in [-0.4, -0.2) is 4.98 Å². The fraction of sp³-hybridized carbons (Fsp3) is 0.222. The number of nitrogens with one attached hydrogen (secondary N) is 1. The largest absolute Gasteiger partial charge is 0.367 e. The Bertz CT molecular complexity index is 823. The van der Waals surface area contributed by atoms with E-state index in [2.05, 4.69) is 73.5 Å². The lowest BCUT2D eigenvalue weighted by atomic mass is 9.65. The number of H-pyrrole nitrogens is 1. The van der Waals surface area contributed by atoms with E-state index in [4.69, 9.17) is 0 Å². The summed E-state index contributed by atoms with van der Waals surface area (Å²) in [6.07, 6.45) is 6.98. The van der Waals surface area contributed by atoms with Gasteiger partial charge in [-0.2, -0.15) is 0 Å². The molecular formula is C18H13Br2N. The highest BCUT2D eigenvalue weighted by atomic mass is 79.9. The van der Waals surface area contributed by atoms with Gasteiger partial charge in [-0.25, -0.2) is 0 Å². The normalized spacial score (nSPS) is 22.4. The Kier molecular flexibility index (Phi) is 2.52. The van der Waals surface area contributed by atoms with E-state index in [0.717, 1.165) is 8.95 Å². The standard InChI is InChI=1S/C18H13Br2N/c19-17-5-9-3-13-11-1-2-12(16-8-21-7-15(11)16)14(13)4-10(9)6-18(17)20/h3-8,11-12,21H,1-2H2. The zero-order chi connectivity index (χ0) is 14.1. The predicted octanol–water partition coefficient (Wildman–Crippen LogP) is 6.06. The third-order valence-corrected chi connectivity index (χ3v) is 6.98. The Labute approximate surface area is 140 Å². The molecule has 104 valence electrons. The van der Waals surface area contributed by atoms with Gasteiger partial charge >= 0.3 is 0 Å². The number of aromatic nitrogens is 1. The molecule has 1 nitrogen and oxygen atoms in total. The molecule has 0 saturated carbocycles. The fourth-order valence-electron chi connectivity index (χ4n) is 4.21. The number of benzene rings is 2. The molecule has 2 aromatic carbocycles. The summed E-state index contributed by atoms with van der Waals surface area (Å²) < 4.78 is 2.25. The van der Waals surface area contributed by atoms with Gasteiger partial charge in [0.25, 0.3) is 0 Å². The molecule has 6 rings (SSSR count). The lowest BCUT2D eigenvalue weighted by molar-refractivity contribution is 0.524. The van der Waals surface area contributed by atoms with Crippen molar-refractivity contribution in [3.05, 3.63) is 67.9 Å². The second kappa shape index (κ2) is 4.23. The molecule has 1 heterocycles. The number of hydrogen-bond acceptors (Lipinski definition) is 0. The van der Waals surface area contributed by atoms with Gasteiger partial charge in [-0.15, -0.1) is 0 Å². The summed E-state index contributed by atoms with van der Waals surface area (Å²) in [6, 6.07) is 9.27. The minimum Gasteiger partial charge on any atom is -0.367 e. The van der Waals surface area contributed by atoms with Gasteiger partial charge in [-0.1, -0.05) is 12.1 Å². The summed E-state index contributed by atoms with van der Waals surface area (Å²) in [4.78, 5) is 3.32. The molecule has 3 aromatic rings. The highest BCUT2D eigenvalue weighted by Crippen LogP contribution is 2.53. The molecule has 3 aliphatic carbocycles. The van der Waals surface area contributed by atoms with E-state index < -0.39 is 0 Å². The van der Waals surface area contributed by atoms with Crippen molar-refractivity contribution in [2.24, 2.45) is 0 Å². The Balaban J connectivity index is 1.83. The average Bonchev–Trinajstić information content (AvgIpc) is 2.98. The Morgan fingerprint density at radius 2 is 1.19 bits per heavy atom. The van der Waals surface area contributed by atoms with Crippen LogP contribution < -0.4 is 0 Å². The number of hydrogen-bond donors (Lipinski definition) is 1. The molecule has 3 aliphatic rings. The highest BCUT2D eigenvalue weighted by Gasteiger charge is 2.37. The van der Waals surface area contributed by atoms with Crippen LogP contribution in [0.25, 0.3) is 10.8 Å². The third kappa shape index (κ3) is 1.62. The van der Waals surface area contributed by atoms with Crippen LogP contribution in [0.1, 0.15) is 46.9 Å². The maximum atomic E-state index is 3.62. The first kappa shape index (κ1) is 12.5. The number of aromatic amines is 1. The Morgan fingerprint density at radius 3 is 1.67 bits per heavy atom. The zero-order valence-electron chi connectivity index (χ0n) is 11.3. The highest BCUT2D eigenvalue weighted by molar-refractivity contribution is 9.13. The van der Waals surface area contributed by atoms with Crippen molar-refractivity contribution in [3.63, 3.8) is 0 Å². The van der Waals surface area contributed by atoms with E-state index in [9.17, 15) is 0 Å². The molecule has 0 saturated heterocycles. The summed E-state index contributed by atoms with van der Waals surface area (Å²) in [5.41, 5.74) is 6.13. The molecule has 2 atom stereocenters. The first-order valence-electron chi connectivity index (χ1n) is 7.31. The van der Waals surface area contributed by atoms with Crippen LogP contribution in [0.5, 0.6) is 0 Å². The van der Waals surface area contributed by atoms with Gasteiger partial charge < -0.3 is 4.98 Å². The topological polar surface area (TPSA) is 15.8 Å².